The van der Waals surface area contributed by atoms with Crippen LogP contribution < -0.4 is 0 Å². The maximum atomic E-state index is 10.5. The van der Waals surface area contributed by atoms with Crippen LogP contribution in [0.25, 0.3) is 0 Å². The molecule has 34 heavy (non-hydrogen) atoms. The number of carboxylic acid groups (broad SMARTS) is 1. The fourth-order valence-electron chi connectivity index (χ4n) is 4.11. The molecule has 0 bridgehead atoms. The number of aryl methyl sites for hydroxylation is 1. The molecule has 6 heteroatoms. The van der Waals surface area contributed by atoms with Gasteiger partial charge in [0.25, 0.3) is 0 Å². The molecule has 0 saturated heterocycles. The van der Waals surface area contributed by atoms with Gasteiger partial charge in [-0.3, -0.25) is 4.79 Å². The lowest BCUT2D eigenvalue weighted by Gasteiger charge is -2.11. The van der Waals surface area contributed by atoms with Gasteiger partial charge < -0.3 is 20.4 Å². The first-order valence-electron chi connectivity index (χ1n) is 12.7. The Balaban J connectivity index is 1.55. The molecule has 0 aliphatic heterocycles. The molecule has 0 unspecified atom stereocenters. The van der Waals surface area contributed by atoms with Gasteiger partial charge in [-0.1, -0.05) is 82.4 Å². The lowest BCUT2D eigenvalue weighted by atomic mass is 10.0. The summed E-state index contributed by atoms with van der Waals surface area (Å²) in [5.41, 5.74) is 1.08. The van der Waals surface area contributed by atoms with Crippen LogP contribution in [0.4, 0.5) is 0 Å². The van der Waals surface area contributed by atoms with Crippen molar-refractivity contribution in [3.05, 3.63) is 42.0 Å². The fourth-order valence-corrected chi connectivity index (χ4v) is 5.07. The number of phenols is 3. The Bertz CT molecular complexity index is 868. The van der Waals surface area contributed by atoms with Crippen LogP contribution in [-0.2, 0) is 11.2 Å². The molecular formula is C28H40O5S. The van der Waals surface area contributed by atoms with Crippen molar-refractivity contribution in [2.75, 3.05) is 0 Å². The Hall–Kier alpha value is -2.34. The highest BCUT2D eigenvalue weighted by atomic mass is 32.2. The van der Waals surface area contributed by atoms with Gasteiger partial charge in [-0.15, -0.1) is 0 Å². The zero-order valence-electron chi connectivity index (χ0n) is 20.2. The molecule has 0 aromatic heterocycles. The first-order chi connectivity index (χ1) is 16.5. The first kappa shape index (κ1) is 27.9. The highest BCUT2D eigenvalue weighted by molar-refractivity contribution is 7.99. The number of aromatic hydroxyl groups is 3. The van der Waals surface area contributed by atoms with Crippen molar-refractivity contribution in [2.45, 2.75) is 106 Å². The predicted molar refractivity (Wildman–Crippen MR) is 138 cm³/mol. The second kappa shape index (κ2) is 16.3. The lowest BCUT2D eigenvalue weighted by Crippen LogP contribution is -1.93. The molecule has 2 rings (SSSR count). The minimum Gasteiger partial charge on any atom is -0.508 e. The third-order valence-electron chi connectivity index (χ3n) is 6.04. The molecule has 0 heterocycles. The largest absolute Gasteiger partial charge is 0.508 e. The Labute approximate surface area is 208 Å². The highest BCUT2D eigenvalue weighted by Gasteiger charge is 2.10. The summed E-state index contributed by atoms with van der Waals surface area (Å²) in [7, 11) is 0. The zero-order chi connectivity index (χ0) is 24.6. The Morgan fingerprint density at radius 2 is 1.09 bits per heavy atom. The smallest absolute Gasteiger partial charge is 0.303 e. The summed E-state index contributed by atoms with van der Waals surface area (Å²) in [4.78, 5) is 12.2. The molecule has 0 fully saturated rings. The molecule has 0 amide bonds. The van der Waals surface area contributed by atoms with Crippen LogP contribution in [0, 0.1) is 0 Å². The van der Waals surface area contributed by atoms with E-state index in [1.165, 1.54) is 75.6 Å². The van der Waals surface area contributed by atoms with Gasteiger partial charge in [-0.2, -0.15) is 0 Å². The molecule has 0 aliphatic rings. The number of hydrogen-bond donors (Lipinski definition) is 4. The predicted octanol–water partition coefficient (Wildman–Crippen LogP) is 8.04. The summed E-state index contributed by atoms with van der Waals surface area (Å²) in [6.07, 6.45) is 16.6. The summed E-state index contributed by atoms with van der Waals surface area (Å²) in [5, 5.41) is 38.1. The van der Waals surface area contributed by atoms with Crippen LogP contribution in [-0.4, -0.2) is 26.4 Å². The molecule has 2 aromatic rings. The quantitative estimate of drug-likeness (QED) is 0.158. The van der Waals surface area contributed by atoms with E-state index in [1.54, 1.807) is 18.2 Å². The number of hydrogen-bond acceptors (Lipinski definition) is 5. The van der Waals surface area contributed by atoms with Gasteiger partial charge in [-0.25, -0.2) is 0 Å². The number of carboxylic acids is 1. The summed E-state index contributed by atoms with van der Waals surface area (Å²) in [5.74, 6) is -0.332. The number of carbonyl (C=O) groups is 1. The maximum Gasteiger partial charge on any atom is 0.303 e. The third-order valence-corrected chi connectivity index (χ3v) is 7.23. The number of unbranched alkanes of at least 4 members (excludes halogenated alkanes) is 12. The van der Waals surface area contributed by atoms with Crippen molar-refractivity contribution in [3.63, 3.8) is 0 Å². The van der Waals surface area contributed by atoms with Crippen molar-refractivity contribution in [1.29, 1.82) is 0 Å². The number of benzene rings is 2. The first-order valence-corrected chi connectivity index (χ1v) is 13.5. The molecule has 5 nitrogen and oxygen atoms in total. The number of aliphatic carboxylic acids is 1. The second-order valence-electron chi connectivity index (χ2n) is 9.04. The van der Waals surface area contributed by atoms with Crippen LogP contribution in [0.2, 0.25) is 0 Å². The summed E-state index contributed by atoms with van der Waals surface area (Å²) >= 11 is 1.45. The van der Waals surface area contributed by atoms with E-state index in [4.69, 9.17) is 5.11 Å². The van der Waals surface area contributed by atoms with E-state index in [2.05, 4.69) is 0 Å². The van der Waals surface area contributed by atoms with Crippen molar-refractivity contribution >= 4 is 17.7 Å². The van der Waals surface area contributed by atoms with Gasteiger partial charge in [0.15, 0.2) is 0 Å². The number of phenolic OH excluding ortho intramolecular Hbond substituents is 3. The molecular weight excluding hydrogens is 448 g/mol. The Kier molecular flexibility index (Phi) is 13.4. The monoisotopic (exact) mass is 488 g/mol. The highest BCUT2D eigenvalue weighted by Crippen LogP contribution is 2.39. The van der Waals surface area contributed by atoms with Crippen molar-refractivity contribution in [3.8, 4) is 17.2 Å². The fraction of sp³-hybridized carbons (Fsp3) is 0.536. The zero-order valence-corrected chi connectivity index (χ0v) is 21.0. The van der Waals surface area contributed by atoms with Crippen LogP contribution in [0.5, 0.6) is 17.2 Å². The van der Waals surface area contributed by atoms with Crippen molar-refractivity contribution in [1.82, 2.24) is 0 Å². The molecule has 0 radical (unpaired) electrons. The van der Waals surface area contributed by atoms with E-state index >= 15 is 0 Å². The van der Waals surface area contributed by atoms with Crippen LogP contribution in [0.15, 0.2) is 46.2 Å². The van der Waals surface area contributed by atoms with Crippen molar-refractivity contribution in [2.24, 2.45) is 0 Å². The normalized spacial score (nSPS) is 11.1. The molecule has 4 N–H and O–H groups in total. The van der Waals surface area contributed by atoms with Gasteiger partial charge in [0.05, 0.1) is 4.90 Å². The molecule has 0 spiro atoms. The third kappa shape index (κ3) is 11.7. The summed E-state index contributed by atoms with van der Waals surface area (Å²) < 4.78 is 0. The molecule has 0 saturated carbocycles. The standard InChI is InChI=1S/C28H40O5S/c29-23-16-18-26(34-27-19-17-24(30)21-25(27)31)22(20-23)14-12-10-8-6-4-2-1-3-5-7-9-11-13-15-28(32)33/h16-21,29-31H,1-15H2,(H,32,33). The molecule has 0 atom stereocenters. The average Bonchev–Trinajstić information content (AvgIpc) is 2.79. The topological polar surface area (TPSA) is 98.0 Å². The molecule has 0 aliphatic carbocycles. The van der Waals surface area contributed by atoms with Crippen LogP contribution in [0.3, 0.4) is 0 Å². The Morgan fingerprint density at radius 3 is 1.62 bits per heavy atom. The minimum absolute atomic E-state index is 0.0396. The lowest BCUT2D eigenvalue weighted by molar-refractivity contribution is -0.137. The summed E-state index contributed by atoms with van der Waals surface area (Å²) in [6.45, 7) is 0. The second-order valence-corrected chi connectivity index (χ2v) is 10.1. The van der Waals surface area contributed by atoms with E-state index in [1.807, 2.05) is 12.1 Å². The van der Waals surface area contributed by atoms with Gasteiger partial charge in [-0.05, 0) is 55.2 Å². The summed E-state index contributed by atoms with van der Waals surface area (Å²) in [6, 6.07) is 9.97. The van der Waals surface area contributed by atoms with E-state index in [9.17, 15) is 20.1 Å². The van der Waals surface area contributed by atoms with E-state index in [0.29, 0.717) is 11.3 Å². The molecule has 188 valence electrons. The van der Waals surface area contributed by atoms with Gasteiger partial charge in [0.1, 0.15) is 17.2 Å². The SMILES string of the molecule is O=C(O)CCCCCCCCCCCCCCCc1cc(O)ccc1Sc1ccc(O)cc1O. The molecule has 2 aromatic carbocycles. The van der Waals surface area contributed by atoms with Crippen LogP contribution in [0.1, 0.15) is 95.5 Å². The van der Waals surface area contributed by atoms with Gasteiger partial charge >= 0.3 is 5.97 Å². The van der Waals surface area contributed by atoms with Gasteiger partial charge in [0.2, 0.25) is 0 Å². The van der Waals surface area contributed by atoms with E-state index in [0.717, 1.165) is 42.6 Å². The van der Waals surface area contributed by atoms with E-state index in [-0.39, 0.29) is 17.2 Å². The Morgan fingerprint density at radius 1 is 0.618 bits per heavy atom. The average molecular weight is 489 g/mol. The number of rotatable bonds is 18. The van der Waals surface area contributed by atoms with E-state index < -0.39 is 5.97 Å². The van der Waals surface area contributed by atoms with Crippen LogP contribution >= 0.6 is 11.8 Å². The van der Waals surface area contributed by atoms with Gasteiger partial charge in [0, 0.05) is 17.4 Å². The van der Waals surface area contributed by atoms with Crippen molar-refractivity contribution < 1.29 is 25.2 Å². The maximum absolute atomic E-state index is 10.5. The minimum atomic E-state index is -0.685.